The van der Waals surface area contributed by atoms with E-state index < -0.39 is 0 Å². The van der Waals surface area contributed by atoms with Crippen LogP contribution in [0.25, 0.3) is 0 Å². The maximum Gasteiger partial charge on any atom is 0.124 e. The average molecular weight is 417 g/mol. The van der Waals surface area contributed by atoms with Crippen molar-refractivity contribution in [2.75, 3.05) is 5.75 Å². The Labute approximate surface area is 181 Å². The molecule has 6 rings (SSSR count). The molecule has 2 atom stereocenters. The van der Waals surface area contributed by atoms with Crippen LogP contribution in [0.5, 0.6) is 5.75 Å². The summed E-state index contributed by atoms with van der Waals surface area (Å²) >= 11 is 4.07. The smallest absolute Gasteiger partial charge is 0.124 e. The van der Waals surface area contributed by atoms with Crippen LogP contribution in [0.2, 0.25) is 0 Å². The highest BCUT2D eigenvalue weighted by molar-refractivity contribution is 8.00. The Hall–Kier alpha value is -1.84. The molecule has 3 heteroatoms. The van der Waals surface area contributed by atoms with Crippen LogP contribution >= 0.6 is 23.5 Å². The maximum absolute atomic E-state index is 6.34. The van der Waals surface area contributed by atoms with Gasteiger partial charge in [0.2, 0.25) is 0 Å². The van der Waals surface area contributed by atoms with Crippen LogP contribution in [0.1, 0.15) is 52.0 Å². The van der Waals surface area contributed by atoms with E-state index in [0.717, 1.165) is 25.0 Å². The monoisotopic (exact) mass is 416 g/mol. The molecule has 29 heavy (non-hydrogen) atoms. The van der Waals surface area contributed by atoms with Gasteiger partial charge in [-0.25, -0.2) is 0 Å². The zero-order chi connectivity index (χ0) is 19.2. The van der Waals surface area contributed by atoms with Crippen molar-refractivity contribution in [3.8, 4) is 5.75 Å². The van der Waals surface area contributed by atoms with Crippen LogP contribution in [-0.2, 0) is 19.3 Å². The molecule has 3 aliphatic heterocycles. The van der Waals surface area contributed by atoms with Crippen molar-refractivity contribution < 1.29 is 4.74 Å². The normalized spacial score (nSPS) is 22.3. The van der Waals surface area contributed by atoms with Gasteiger partial charge in [-0.15, -0.1) is 23.5 Å². The molecule has 0 bridgehead atoms. The molecule has 0 spiro atoms. The van der Waals surface area contributed by atoms with Gasteiger partial charge in [0.25, 0.3) is 0 Å². The van der Waals surface area contributed by atoms with Gasteiger partial charge in [-0.1, -0.05) is 42.5 Å². The van der Waals surface area contributed by atoms with Gasteiger partial charge < -0.3 is 4.74 Å². The molecule has 0 aliphatic carbocycles. The molecule has 3 heterocycles. The fourth-order valence-corrected chi connectivity index (χ4v) is 7.19. The van der Waals surface area contributed by atoms with Crippen LogP contribution in [0.15, 0.2) is 70.5 Å². The van der Waals surface area contributed by atoms with Crippen LogP contribution < -0.4 is 4.74 Å². The van der Waals surface area contributed by atoms with E-state index in [1.807, 2.05) is 23.5 Å². The van der Waals surface area contributed by atoms with Gasteiger partial charge in [-0.05, 0) is 83.9 Å². The number of hydrogen-bond acceptors (Lipinski definition) is 3. The first-order chi connectivity index (χ1) is 14.3. The molecule has 0 saturated heterocycles. The first-order valence-corrected chi connectivity index (χ1v) is 12.5. The third kappa shape index (κ3) is 3.39. The second kappa shape index (κ2) is 7.45. The van der Waals surface area contributed by atoms with Crippen molar-refractivity contribution >= 4 is 23.5 Å². The molecule has 3 aliphatic rings. The third-order valence-corrected chi connectivity index (χ3v) is 8.91. The summed E-state index contributed by atoms with van der Waals surface area (Å²) in [4.78, 5) is 2.96. The fraction of sp³-hybridized carbons (Fsp3) is 0.308. The Balaban J connectivity index is 1.23. The van der Waals surface area contributed by atoms with Crippen molar-refractivity contribution in [3.05, 3.63) is 88.5 Å². The molecule has 0 amide bonds. The Morgan fingerprint density at radius 3 is 2.66 bits per heavy atom. The lowest BCUT2D eigenvalue weighted by Gasteiger charge is -2.26. The van der Waals surface area contributed by atoms with E-state index >= 15 is 0 Å². The molecular formula is C26H24OS2. The Morgan fingerprint density at radius 1 is 0.793 bits per heavy atom. The van der Waals surface area contributed by atoms with Gasteiger partial charge in [0.15, 0.2) is 0 Å². The molecule has 146 valence electrons. The summed E-state index contributed by atoms with van der Waals surface area (Å²) in [7, 11) is 0. The Morgan fingerprint density at radius 2 is 1.66 bits per heavy atom. The van der Waals surface area contributed by atoms with Gasteiger partial charge in [0.1, 0.15) is 11.9 Å². The van der Waals surface area contributed by atoms with Crippen molar-refractivity contribution in [1.82, 2.24) is 0 Å². The van der Waals surface area contributed by atoms with Crippen LogP contribution in [0, 0.1) is 0 Å². The molecule has 0 saturated carbocycles. The summed E-state index contributed by atoms with van der Waals surface area (Å²) in [6.45, 7) is 0. The highest BCUT2D eigenvalue weighted by Crippen LogP contribution is 2.48. The zero-order valence-electron chi connectivity index (χ0n) is 16.4. The van der Waals surface area contributed by atoms with Crippen LogP contribution in [0.4, 0.5) is 0 Å². The van der Waals surface area contributed by atoms with Gasteiger partial charge in [-0.2, -0.15) is 0 Å². The molecule has 1 nitrogen and oxygen atoms in total. The number of fused-ring (bicyclic) bond motifs is 3. The minimum atomic E-state index is 0.176. The Bertz CT molecular complexity index is 1070. The number of aryl methyl sites for hydroxylation is 2. The SMILES string of the molecule is c1ccc2c(c1)CCC(c1ccc3c(c1)SC(c1ccc4c(c1)SCCC4)C3)O2. The van der Waals surface area contributed by atoms with E-state index in [2.05, 4.69) is 60.7 Å². The molecule has 3 aromatic rings. The minimum absolute atomic E-state index is 0.176. The summed E-state index contributed by atoms with van der Waals surface area (Å²) < 4.78 is 6.34. The molecule has 0 fully saturated rings. The van der Waals surface area contributed by atoms with E-state index in [9.17, 15) is 0 Å². The van der Waals surface area contributed by atoms with E-state index in [0.29, 0.717) is 5.25 Å². The van der Waals surface area contributed by atoms with E-state index in [-0.39, 0.29) is 6.10 Å². The van der Waals surface area contributed by atoms with Crippen LogP contribution in [-0.4, -0.2) is 5.75 Å². The second-order valence-electron chi connectivity index (χ2n) is 8.25. The van der Waals surface area contributed by atoms with E-state index in [4.69, 9.17) is 4.74 Å². The van der Waals surface area contributed by atoms with Gasteiger partial charge in [0.05, 0.1) is 0 Å². The summed E-state index contributed by atoms with van der Waals surface area (Å²) in [5, 5.41) is 0.543. The van der Waals surface area contributed by atoms with E-state index in [1.165, 1.54) is 50.6 Å². The number of ether oxygens (including phenoxy) is 1. The highest BCUT2D eigenvalue weighted by Gasteiger charge is 2.27. The molecule has 0 radical (unpaired) electrons. The largest absolute Gasteiger partial charge is 0.485 e. The lowest BCUT2D eigenvalue weighted by molar-refractivity contribution is 0.176. The number of para-hydroxylation sites is 1. The summed E-state index contributed by atoms with van der Waals surface area (Å²) in [5.41, 5.74) is 7.19. The number of benzene rings is 3. The summed E-state index contributed by atoms with van der Waals surface area (Å²) in [5.74, 6) is 2.32. The minimum Gasteiger partial charge on any atom is -0.485 e. The lowest BCUT2D eigenvalue weighted by atomic mass is 9.96. The molecule has 0 N–H and O–H groups in total. The summed E-state index contributed by atoms with van der Waals surface area (Å²) in [6.07, 6.45) is 6.03. The number of thioether (sulfide) groups is 2. The highest BCUT2D eigenvalue weighted by atomic mass is 32.2. The first-order valence-electron chi connectivity index (χ1n) is 10.6. The van der Waals surface area contributed by atoms with Crippen molar-refractivity contribution in [2.24, 2.45) is 0 Å². The second-order valence-corrected chi connectivity index (χ2v) is 10.6. The van der Waals surface area contributed by atoms with Gasteiger partial charge in [-0.3, -0.25) is 0 Å². The fourth-order valence-electron chi connectivity index (χ4n) is 4.75. The molecule has 2 unspecified atom stereocenters. The van der Waals surface area contributed by atoms with Crippen LogP contribution in [0.3, 0.4) is 0 Å². The van der Waals surface area contributed by atoms with Gasteiger partial charge >= 0.3 is 0 Å². The summed E-state index contributed by atoms with van der Waals surface area (Å²) in [6, 6.07) is 22.7. The Kier molecular flexibility index (Phi) is 4.61. The number of rotatable bonds is 2. The maximum atomic E-state index is 6.34. The predicted octanol–water partition coefficient (Wildman–Crippen LogP) is 7.18. The topological polar surface area (TPSA) is 9.23 Å². The number of hydrogen-bond donors (Lipinski definition) is 0. The molecular weight excluding hydrogens is 392 g/mol. The van der Waals surface area contributed by atoms with Crippen molar-refractivity contribution in [2.45, 2.75) is 53.2 Å². The first kappa shape index (κ1) is 18.0. The van der Waals surface area contributed by atoms with E-state index in [1.54, 1.807) is 5.56 Å². The van der Waals surface area contributed by atoms with Crippen molar-refractivity contribution in [1.29, 1.82) is 0 Å². The molecule has 3 aromatic carbocycles. The molecule has 0 aromatic heterocycles. The van der Waals surface area contributed by atoms with Crippen molar-refractivity contribution in [3.63, 3.8) is 0 Å². The predicted molar refractivity (Wildman–Crippen MR) is 122 cm³/mol. The zero-order valence-corrected chi connectivity index (χ0v) is 18.0. The standard InChI is InChI=1S/C26H24OS2/c1-2-6-22-17(4-1)11-12-23(27-22)19-8-10-21-16-26(29-25(21)14-19)20-9-7-18-5-3-13-28-24(18)15-20/h1-2,4,6-10,14-15,23,26H,3,5,11-13,16H2. The van der Waals surface area contributed by atoms with Gasteiger partial charge in [0, 0.05) is 15.0 Å². The third-order valence-electron chi connectivity index (χ3n) is 6.37. The average Bonchev–Trinajstić information content (AvgIpc) is 3.22. The lowest BCUT2D eigenvalue weighted by Crippen LogP contribution is -2.15. The quantitative estimate of drug-likeness (QED) is 0.438.